The van der Waals surface area contributed by atoms with Crippen LogP contribution in [0.4, 0.5) is 0 Å². The maximum Gasteiger partial charge on any atom is 0.343 e. The Kier molecular flexibility index (Phi) is 6.28. The van der Waals surface area contributed by atoms with E-state index in [1.54, 1.807) is 61.7 Å². The molecule has 2 aromatic rings. The molecule has 0 aliphatic carbocycles. The fourth-order valence-corrected chi connectivity index (χ4v) is 3.77. The Morgan fingerprint density at radius 2 is 1.96 bits per heavy atom. The van der Waals surface area contributed by atoms with Crippen LogP contribution in [0.2, 0.25) is 0 Å². The van der Waals surface area contributed by atoms with Gasteiger partial charge in [0, 0.05) is 6.54 Å². The third kappa shape index (κ3) is 4.49. The highest BCUT2D eigenvalue weighted by Crippen LogP contribution is 2.32. The van der Waals surface area contributed by atoms with Gasteiger partial charge in [0.1, 0.15) is 15.8 Å². The molecule has 0 atom stereocenters. The molecule has 0 saturated carbocycles. The Hall–Kier alpha value is -2.90. The van der Waals surface area contributed by atoms with Gasteiger partial charge in [-0.1, -0.05) is 42.2 Å². The Bertz CT molecular complexity index is 967. The zero-order valence-corrected chi connectivity index (χ0v) is 16.7. The number of carbonyl (C=O) groups is 2. The van der Waals surface area contributed by atoms with Crippen LogP contribution in [0, 0.1) is 0 Å². The molecule has 1 amide bonds. The van der Waals surface area contributed by atoms with E-state index in [1.165, 1.54) is 16.7 Å². The smallest absolute Gasteiger partial charge is 0.343 e. The fourth-order valence-electron chi connectivity index (χ4n) is 2.50. The lowest BCUT2D eigenvalue weighted by Gasteiger charge is -2.10. The van der Waals surface area contributed by atoms with Crippen molar-refractivity contribution in [2.75, 3.05) is 13.7 Å². The minimum atomic E-state index is -0.475. The van der Waals surface area contributed by atoms with E-state index in [0.717, 1.165) is 5.56 Å². The molecule has 1 aliphatic heterocycles. The summed E-state index contributed by atoms with van der Waals surface area (Å²) in [5.41, 5.74) is 1.15. The van der Waals surface area contributed by atoms with Crippen molar-refractivity contribution in [3.63, 3.8) is 0 Å². The molecular weight excluding hydrogens is 394 g/mol. The number of hydrogen-bond donors (Lipinski definition) is 0. The van der Waals surface area contributed by atoms with Crippen LogP contribution in [0.3, 0.4) is 0 Å². The summed E-state index contributed by atoms with van der Waals surface area (Å²) in [4.78, 5) is 26.7. The molecule has 3 rings (SSSR count). The van der Waals surface area contributed by atoms with Gasteiger partial charge in [0.05, 0.1) is 17.6 Å². The van der Waals surface area contributed by atoms with E-state index in [9.17, 15) is 9.59 Å². The van der Waals surface area contributed by atoms with Gasteiger partial charge >= 0.3 is 5.97 Å². The molecule has 142 valence electrons. The number of carbonyl (C=O) groups excluding carboxylic acids is 2. The van der Waals surface area contributed by atoms with Crippen molar-refractivity contribution >= 4 is 46.3 Å². The monoisotopic (exact) mass is 411 g/mol. The van der Waals surface area contributed by atoms with Gasteiger partial charge in [0.25, 0.3) is 5.91 Å². The van der Waals surface area contributed by atoms with Gasteiger partial charge in [-0.2, -0.15) is 0 Å². The second-order valence-corrected chi connectivity index (χ2v) is 7.45. The number of ether oxygens (including phenoxy) is 2. The summed E-state index contributed by atoms with van der Waals surface area (Å²) in [6.45, 7) is 4.01. The number of thioether (sulfide) groups is 1. The number of esters is 1. The van der Waals surface area contributed by atoms with Crippen molar-refractivity contribution in [1.29, 1.82) is 0 Å². The van der Waals surface area contributed by atoms with E-state index in [2.05, 4.69) is 6.58 Å². The van der Waals surface area contributed by atoms with Crippen LogP contribution in [0.5, 0.6) is 11.5 Å². The molecule has 0 aromatic heterocycles. The van der Waals surface area contributed by atoms with E-state index < -0.39 is 5.97 Å². The molecule has 0 bridgehead atoms. The number of rotatable bonds is 6. The first kappa shape index (κ1) is 19.9. The maximum absolute atomic E-state index is 12.4. The lowest BCUT2D eigenvalue weighted by Crippen LogP contribution is -2.27. The van der Waals surface area contributed by atoms with Crippen LogP contribution >= 0.6 is 24.0 Å². The predicted molar refractivity (Wildman–Crippen MR) is 114 cm³/mol. The van der Waals surface area contributed by atoms with Crippen molar-refractivity contribution in [1.82, 2.24) is 4.90 Å². The number of hydrogen-bond acceptors (Lipinski definition) is 6. The minimum absolute atomic E-state index is 0.157. The van der Waals surface area contributed by atoms with Crippen LogP contribution in [0.1, 0.15) is 15.9 Å². The Labute approximate surface area is 172 Å². The van der Waals surface area contributed by atoms with Crippen molar-refractivity contribution < 1.29 is 19.1 Å². The summed E-state index contributed by atoms with van der Waals surface area (Å²) in [5.74, 6) is 0.413. The highest BCUT2D eigenvalue weighted by molar-refractivity contribution is 8.26. The quantitative estimate of drug-likeness (QED) is 0.232. The third-order valence-electron chi connectivity index (χ3n) is 3.88. The van der Waals surface area contributed by atoms with E-state index in [-0.39, 0.29) is 5.91 Å². The van der Waals surface area contributed by atoms with Gasteiger partial charge in [0.2, 0.25) is 0 Å². The van der Waals surface area contributed by atoms with Gasteiger partial charge < -0.3 is 9.47 Å². The topological polar surface area (TPSA) is 55.8 Å². The summed E-state index contributed by atoms with van der Waals surface area (Å²) in [6.07, 6.45) is 3.36. The molecule has 1 heterocycles. The van der Waals surface area contributed by atoms with Crippen LogP contribution in [-0.2, 0) is 4.79 Å². The molecule has 1 saturated heterocycles. The molecule has 1 fully saturated rings. The van der Waals surface area contributed by atoms with Gasteiger partial charge in [-0.3, -0.25) is 9.69 Å². The standard InChI is InChI=1S/C21H17NO4S2/c1-3-11-22-19(23)18(28-21(22)27)13-14-5-4-6-17(12-14)26-20(24)15-7-9-16(25-2)10-8-15/h3-10,12-13H,1,11H2,2H3/b18-13+. The van der Waals surface area contributed by atoms with E-state index in [4.69, 9.17) is 21.7 Å². The average Bonchev–Trinajstić information content (AvgIpc) is 2.96. The SMILES string of the molecule is C=CCN1C(=O)/C(=C\c2cccc(OC(=O)c3ccc(OC)cc3)c2)SC1=S. The molecule has 0 unspecified atom stereocenters. The molecule has 0 spiro atoms. The van der Waals surface area contributed by atoms with Crippen LogP contribution in [-0.4, -0.2) is 34.8 Å². The molecule has 7 heteroatoms. The second-order valence-electron chi connectivity index (χ2n) is 5.77. The summed E-state index contributed by atoms with van der Waals surface area (Å²) < 4.78 is 11.0. The van der Waals surface area contributed by atoms with Crippen molar-refractivity contribution in [2.45, 2.75) is 0 Å². The molecule has 1 aliphatic rings. The third-order valence-corrected chi connectivity index (χ3v) is 5.26. The van der Waals surface area contributed by atoms with E-state index >= 15 is 0 Å². The lowest BCUT2D eigenvalue weighted by atomic mass is 10.2. The van der Waals surface area contributed by atoms with Gasteiger partial charge in [0.15, 0.2) is 0 Å². The highest BCUT2D eigenvalue weighted by Gasteiger charge is 2.30. The predicted octanol–water partition coefficient (Wildman–Crippen LogP) is 4.30. The highest BCUT2D eigenvalue weighted by atomic mass is 32.2. The summed E-state index contributed by atoms with van der Waals surface area (Å²) in [5, 5.41) is 0. The van der Waals surface area contributed by atoms with E-state index in [1.807, 2.05) is 6.07 Å². The van der Waals surface area contributed by atoms with E-state index in [0.29, 0.717) is 32.8 Å². The number of thiocarbonyl (C=S) groups is 1. The first-order chi connectivity index (χ1) is 13.5. The van der Waals surface area contributed by atoms with Crippen molar-refractivity contribution in [2.24, 2.45) is 0 Å². The maximum atomic E-state index is 12.4. The zero-order valence-electron chi connectivity index (χ0n) is 15.1. The molecule has 28 heavy (non-hydrogen) atoms. The number of nitrogens with zero attached hydrogens (tertiary/aromatic N) is 1. The molecule has 0 radical (unpaired) electrons. The number of benzene rings is 2. The molecule has 5 nitrogen and oxygen atoms in total. The zero-order chi connectivity index (χ0) is 20.1. The minimum Gasteiger partial charge on any atom is -0.497 e. The van der Waals surface area contributed by atoms with Crippen LogP contribution < -0.4 is 9.47 Å². The van der Waals surface area contributed by atoms with Crippen molar-refractivity contribution in [3.8, 4) is 11.5 Å². The molecule has 0 N–H and O–H groups in total. The normalized spacial score (nSPS) is 15.0. The Morgan fingerprint density at radius 1 is 1.21 bits per heavy atom. The summed E-state index contributed by atoms with van der Waals surface area (Å²) in [6, 6.07) is 13.6. The summed E-state index contributed by atoms with van der Waals surface area (Å²) >= 11 is 6.47. The molecule has 2 aromatic carbocycles. The lowest BCUT2D eigenvalue weighted by molar-refractivity contribution is -0.121. The van der Waals surface area contributed by atoms with Crippen LogP contribution in [0.25, 0.3) is 6.08 Å². The number of methoxy groups -OCH3 is 1. The first-order valence-electron chi connectivity index (χ1n) is 8.34. The fraction of sp³-hybridized carbons (Fsp3) is 0.0952. The summed E-state index contributed by atoms with van der Waals surface area (Å²) in [7, 11) is 1.56. The van der Waals surface area contributed by atoms with Gasteiger partial charge in [-0.25, -0.2) is 4.79 Å². The largest absolute Gasteiger partial charge is 0.497 e. The first-order valence-corrected chi connectivity index (χ1v) is 9.57. The van der Waals surface area contributed by atoms with Gasteiger partial charge in [-0.05, 0) is 48.0 Å². The van der Waals surface area contributed by atoms with Crippen molar-refractivity contribution in [3.05, 3.63) is 77.2 Å². The second kappa shape index (κ2) is 8.86. The number of amides is 1. The van der Waals surface area contributed by atoms with Crippen LogP contribution in [0.15, 0.2) is 66.1 Å². The van der Waals surface area contributed by atoms with Gasteiger partial charge in [-0.15, -0.1) is 6.58 Å². The average molecular weight is 412 g/mol. The Balaban J connectivity index is 1.75. The Morgan fingerprint density at radius 3 is 2.64 bits per heavy atom. The molecular formula is C21H17NO4S2.